The van der Waals surface area contributed by atoms with Crippen molar-refractivity contribution in [2.24, 2.45) is 0 Å². The molecule has 124 valence electrons. The highest BCUT2D eigenvalue weighted by Gasteiger charge is 2.17. The molecule has 2 heterocycles. The van der Waals surface area contributed by atoms with E-state index >= 15 is 0 Å². The maximum absolute atomic E-state index is 5.93. The van der Waals surface area contributed by atoms with Crippen molar-refractivity contribution in [1.82, 2.24) is 15.0 Å². The first kappa shape index (κ1) is 16.7. The molecule has 0 fully saturated rings. The lowest BCUT2D eigenvalue weighted by Gasteiger charge is -2.26. The first-order chi connectivity index (χ1) is 11.7. The highest BCUT2D eigenvalue weighted by atomic mass is 35.5. The van der Waals surface area contributed by atoms with Gasteiger partial charge in [-0.2, -0.15) is 0 Å². The molecule has 0 saturated carbocycles. The fraction of sp³-hybridized carbons (Fsp3) is 0.263. The van der Waals surface area contributed by atoms with Crippen molar-refractivity contribution in [3.05, 3.63) is 71.2 Å². The van der Waals surface area contributed by atoms with Gasteiger partial charge in [0, 0.05) is 35.1 Å². The van der Waals surface area contributed by atoms with E-state index in [-0.39, 0.29) is 0 Å². The van der Waals surface area contributed by atoms with Crippen molar-refractivity contribution >= 4 is 11.6 Å². The van der Waals surface area contributed by atoms with Gasteiger partial charge in [0.25, 0.3) is 0 Å². The molecule has 5 heteroatoms. The van der Waals surface area contributed by atoms with Gasteiger partial charge in [-0.05, 0) is 43.3 Å². The molecule has 0 saturated heterocycles. The van der Waals surface area contributed by atoms with Gasteiger partial charge in [-0.15, -0.1) is 0 Å². The molecule has 0 spiro atoms. The Kier molecular flexibility index (Phi) is 5.28. The van der Waals surface area contributed by atoms with Gasteiger partial charge in [0.05, 0.1) is 6.54 Å². The van der Waals surface area contributed by atoms with Gasteiger partial charge in [-0.1, -0.05) is 35.8 Å². The molecule has 3 aromatic rings. The average molecular weight is 342 g/mol. The van der Waals surface area contributed by atoms with Crippen LogP contribution in [0.5, 0.6) is 0 Å². The van der Waals surface area contributed by atoms with Crippen LogP contribution in [0.1, 0.15) is 30.7 Å². The minimum atomic E-state index is 0.317. The van der Waals surface area contributed by atoms with Gasteiger partial charge in [0.1, 0.15) is 5.69 Å². The molecule has 24 heavy (non-hydrogen) atoms. The van der Waals surface area contributed by atoms with E-state index < -0.39 is 0 Å². The zero-order valence-corrected chi connectivity index (χ0v) is 14.6. The van der Waals surface area contributed by atoms with E-state index in [1.165, 1.54) is 5.56 Å². The number of pyridine rings is 1. The van der Waals surface area contributed by atoms with Gasteiger partial charge < -0.3 is 4.52 Å². The maximum atomic E-state index is 5.93. The summed E-state index contributed by atoms with van der Waals surface area (Å²) in [7, 11) is 2.10. The third kappa shape index (κ3) is 3.83. The smallest absolute Gasteiger partial charge is 0.151 e. The van der Waals surface area contributed by atoms with Crippen LogP contribution in [0.15, 0.2) is 59.4 Å². The molecule has 0 aliphatic rings. The number of rotatable bonds is 6. The SMILES string of the molecule is CCC(c1ccncc1)N(C)Cc1cc(-c2ccc(Cl)cc2)no1. The Hall–Kier alpha value is -2.17. The summed E-state index contributed by atoms with van der Waals surface area (Å²) in [6.07, 6.45) is 4.68. The summed E-state index contributed by atoms with van der Waals surface area (Å²) in [5.74, 6) is 0.843. The molecule has 0 radical (unpaired) electrons. The van der Waals surface area contributed by atoms with Crippen molar-refractivity contribution in [2.45, 2.75) is 25.9 Å². The summed E-state index contributed by atoms with van der Waals surface area (Å²) in [5, 5.41) is 4.89. The van der Waals surface area contributed by atoms with E-state index in [1.54, 1.807) is 0 Å². The zero-order chi connectivity index (χ0) is 16.9. The van der Waals surface area contributed by atoms with E-state index in [1.807, 2.05) is 42.7 Å². The van der Waals surface area contributed by atoms with Crippen LogP contribution in [0.4, 0.5) is 0 Å². The molecule has 0 N–H and O–H groups in total. The summed E-state index contributed by atoms with van der Waals surface area (Å²) in [6.45, 7) is 2.88. The lowest BCUT2D eigenvalue weighted by Crippen LogP contribution is -2.23. The molecular formula is C19H20ClN3O. The molecule has 2 aromatic heterocycles. The van der Waals surface area contributed by atoms with Crippen LogP contribution in [-0.2, 0) is 6.54 Å². The molecule has 0 aliphatic heterocycles. The summed E-state index contributed by atoms with van der Waals surface area (Å²) in [4.78, 5) is 6.36. The third-order valence-corrected chi connectivity index (χ3v) is 4.37. The summed E-state index contributed by atoms with van der Waals surface area (Å²) in [5.41, 5.74) is 3.08. The van der Waals surface area contributed by atoms with Crippen molar-refractivity contribution in [3.63, 3.8) is 0 Å². The van der Waals surface area contributed by atoms with Gasteiger partial charge in [0.2, 0.25) is 0 Å². The second-order valence-corrected chi connectivity index (χ2v) is 6.24. The fourth-order valence-corrected chi connectivity index (χ4v) is 3.01. The van der Waals surface area contributed by atoms with Crippen molar-refractivity contribution in [3.8, 4) is 11.3 Å². The molecule has 1 atom stereocenters. The Morgan fingerprint density at radius 2 is 1.83 bits per heavy atom. The Labute approximate surface area is 147 Å². The molecule has 0 amide bonds. The summed E-state index contributed by atoms with van der Waals surface area (Å²) < 4.78 is 5.51. The summed E-state index contributed by atoms with van der Waals surface area (Å²) >= 11 is 5.93. The highest BCUT2D eigenvalue weighted by molar-refractivity contribution is 6.30. The Bertz CT molecular complexity index is 771. The minimum absolute atomic E-state index is 0.317. The summed E-state index contributed by atoms with van der Waals surface area (Å²) in [6, 6.07) is 14.0. The van der Waals surface area contributed by atoms with Gasteiger partial charge in [0.15, 0.2) is 5.76 Å². The number of hydrogen-bond acceptors (Lipinski definition) is 4. The van der Waals surface area contributed by atoms with Gasteiger partial charge in [-0.3, -0.25) is 9.88 Å². The zero-order valence-electron chi connectivity index (χ0n) is 13.8. The molecule has 1 unspecified atom stereocenters. The number of aromatic nitrogens is 2. The van der Waals surface area contributed by atoms with Crippen molar-refractivity contribution in [1.29, 1.82) is 0 Å². The standard InChI is InChI=1S/C19H20ClN3O/c1-3-19(15-8-10-21-11-9-15)23(2)13-17-12-18(22-24-17)14-4-6-16(20)7-5-14/h4-12,19H,3,13H2,1-2H3. The topological polar surface area (TPSA) is 42.2 Å². The number of benzene rings is 1. The van der Waals surface area contributed by atoms with E-state index in [9.17, 15) is 0 Å². The van der Waals surface area contributed by atoms with Crippen LogP contribution < -0.4 is 0 Å². The number of halogens is 1. The molecule has 0 aliphatic carbocycles. The van der Waals surface area contributed by atoms with E-state index in [2.05, 4.69) is 41.1 Å². The van der Waals surface area contributed by atoms with E-state index in [0.717, 1.165) is 23.4 Å². The van der Waals surface area contributed by atoms with Gasteiger partial charge in [-0.25, -0.2) is 0 Å². The second-order valence-electron chi connectivity index (χ2n) is 5.81. The second kappa shape index (κ2) is 7.60. The molecule has 4 nitrogen and oxygen atoms in total. The predicted octanol–water partition coefficient (Wildman–Crippen LogP) is 4.97. The van der Waals surface area contributed by atoms with Crippen LogP contribution in [0.3, 0.4) is 0 Å². The Morgan fingerprint density at radius 3 is 2.50 bits per heavy atom. The number of hydrogen-bond donors (Lipinski definition) is 0. The maximum Gasteiger partial charge on any atom is 0.151 e. The van der Waals surface area contributed by atoms with Crippen LogP contribution in [0, 0.1) is 0 Å². The van der Waals surface area contributed by atoms with Crippen LogP contribution in [0.2, 0.25) is 5.02 Å². The normalized spacial score (nSPS) is 12.5. The van der Waals surface area contributed by atoms with Gasteiger partial charge >= 0.3 is 0 Å². The monoisotopic (exact) mass is 341 g/mol. The first-order valence-electron chi connectivity index (χ1n) is 7.99. The van der Waals surface area contributed by atoms with Crippen molar-refractivity contribution < 1.29 is 4.52 Å². The number of nitrogens with zero attached hydrogens (tertiary/aromatic N) is 3. The lowest BCUT2D eigenvalue weighted by molar-refractivity contribution is 0.204. The van der Waals surface area contributed by atoms with Crippen LogP contribution in [0.25, 0.3) is 11.3 Å². The highest BCUT2D eigenvalue weighted by Crippen LogP contribution is 2.26. The fourth-order valence-electron chi connectivity index (χ4n) is 2.89. The van der Waals surface area contributed by atoms with E-state index in [0.29, 0.717) is 17.6 Å². The lowest BCUT2D eigenvalue weighted by atomic mass is 10.0. The molecule has 0 bridgehead atoms. The third-order valence-electron chi connectivity index (χ3n) is 4.11. The van der Waals surface area contributed by atoms with Crippen LogP contribution >= 0.6 is 11.6 Å². The van der Waals surface area contributed by atoms with Crippen molar-refractivity contribution in [2.75, 3.05) is 7.05 Å². The predicted molar refractivity (Wildman–Crippen MR) is 95.7 cm³/mol. The first-order valence-corrected chi connectivity index (χ1v) is 8.37. The molecular weight excluding hydrogens is 322 g/mol. The van der Waals surface area contributed by atoms with Crippen LogP contribution in [-0.4, -0.2) is 22.1 Å². The Balaban J connectivity index is 1.72. The quantitative estimate of drug-likeness (QED) is 0.634. The average Bonchev–Trinajstić information content (AvgIpc) is 3.05. The van der Waals surface area contributed by atoms with E-state index in [4.69, 9.17) is 16.1 Å². The molecule has 3 rings (SSSR count). The minimum Gasteiger partial charge on any atom is -0.359 e. The Morgan fingerprint density at radius 1 is 1.12 bits per heavy atom. The largest absolute Gasteiger partial charge is 0.359 e. The molecule has 1 aromatic carbocycles.